The molecule has 3 heteroatoms. The molecular weight excluding hydrogens is 310 g/mol. The second-order valence-corrected chi connectivity index (χ2v) is 6.46. The van der Waals surface area contributed by atoms with Gasteiger partial charge in [-0.3, -0.25) is 9.69 Å². The van der Waals surface area contributed by atoms with Gasteiger partial charge in [0.2, 0.25) is 0 Å². The van der Waals surface area contributed by atoms with Crippen molar-refractivity contribution in [1.29, 1.82) is 0 Å². The molecule has 0 saturated carbocycles. The van der Waals surface area contributed by atoms with Gasteiger partial charge < -0.3 is 4.74 Å². The number of benzene rings is 3. The first-order valence-corrected chi connectivity index (χ1v) is 8.52. The molecule has 3 nitrogen and oxygen atoms in total. The Morgan fingerprint density at radius 2 is 1.40 bits per heavy atom. The van der Waals surface area contributed by atoms with Gasteiger partial charge in [0, 0.05) is 11.1 Å². The molecule has 5 rings (SSSR count). The molecule has 2 heterocycles. The predicted octanol–water partition coefficient (Wildman–Crippen LogP) is 4.58. The van der Waals surface area contributed by atoms with E-state index in [0.717, 1.165) is 27.8 Å². The van der Waals surface area contributed by atoms with Gasteiger partial charge in [-0.15, -0.1) is 0 Å². The highest BCUT2D eigenvalue weighted by Gasteiger charge is 2.43. The van der Waals surface area contributed by atoms with Gasteiger partial charge in [-0.25, -0.2) is 0 Å². The van der Waals surface area contributed by atoms with Crippen LogP contribution in [0.15, 0.2) is 78.9 Å². The minimum Gasteiger partial charge on any atom is -0.351 e. The summed E-state index contributed by atoms with van der Waals surface area (Å²) in [6.45, 7) is 0.511. The van der Waals surface area contributed by atoms with Crippen molar-refractivity contribution in [1.82, 2.24) is 4.90 Å². The zero-order valence-electron chi connectivity index (χ0n) is 13.6. The number of fused-ring (bicyclic) bond motifs is 5. The Kier molecular flexibility index (Phi) is 3.22. The van der Waals surface area contributed by atoms with Crippen molar-refractivity contribution in [2.75, 3.05) is 6.61 Å². The fraction of sp³-hybridized carbons (Fsp3) is 0.136. The van der Waals surface area contributed by atoms with E-state index in [2.05, 4.69) is 24.3 Å². The molecule has 1 fully saturated rings. The number of carbonyl (C=O) groups excluding carboxylic acids is 1. The highest BCUT2D eigenvalue weighted by atomic mass is 16.5. The SMILES string of the molecule is O=C1c2ccccc2-c2ccccc2[C@@H]2OC[C@@H](c3ccccc3)N12. The van der Waals surface area contributed by atoms with Gasteiger partial charge >= 0.3 is 0 Å². The summed E-state index contributed by atoms with van der Waals surface area (Å²) < 4.78 is 6.14. The standard InChI is InChI=1S/C22H17NO2/c24-21-18-12-6-4-10-16(18)17-11-5-7-13-19(17)22-23(21)20(14-25-22)15-8-2-1-3-9-15/h1-13,20,22H,14H2/t20-,22-/m0/s1. The maximum Gasteiger partial charge on any atom is 0.257 e. The Morgan fingerprint density at radius 1 is 0.760 bits per heavy atom. The second kappa shape index (κ2) is 5.57. The summed E-state index contributed by atoms with van der Waals surface area (Å²) in [5.41, 5.74) is 4.96. The molecule has 1 amide bonds. The fourth-order valence-corrected chi connectivity index (χ4v) is 3.93. The van der Waals surface area contributed by atoms with Crippen molar-refractivity contribution in [2.45, 2.75) is 12.3 Å². The third-order valence-electron chi connectivity index (χ3n) is 5.09. The van der Waals surface area contributed by atoms with Crippen LogP contribution in [-0.2, 0) is 4.74 Å². The minimum atomic E-state index is -0.346. The average Bonchev–Trinajstić information content (AvgIpc) is 3.09. The molecule has 1 saturated heterocycles. The molecule has 2 aliphatic heterocycles. The lowest BCUT2D eigenvalue weighted by molar-refractivity contribution is 0.0255. The highest BCUT2D eigenvalue weighted by molar-refractivity contribution is 6.03. The van der Waals surface area contributed by atoms with E-state index < -0.39 is 0 Å². The van der Waals surface area contributed by atoms with Gasteiger partial charge in [0.15, 0.2) is 6.23 Å². The van der Waals surface area contributed by atoms with Crippen molar-refractivity contribution >= 4 is 5.91 Å². The number of carbonyl (C=O) groups is 1. The largest absolute Gasteiger partial charge is 0.351 e. The van der Waals surface area contributed by atoms with E-state index in [-0.39, 0.29) is 18.2 Å². The van der Waals surface area contributed by atoms with Crippen molar-refractivity contribution in [3.8, 4) is 11.1 Å². The molecule has 2 aliphatic rings. The van der Waals surface area contributed by atoms with Crippen molar-refractivity contribution in [3.63, 3.8) is 0 Å². The Balaban J connectivity index is 1.73. The molecule has 2 atom stereocenters. The Hall–Kier alpha value is -2.91. The van der Waals surface area contributed by atoms with E-state index in [4.69, 9.17) is 4.74 Å². The van der Waals surface area contributed by atoms with Crippen LogP contribution >= 0.6 is 0 Å². The van der Waals surface area contributed by atoms with Gasteiger partial charge in [-0.1, -0.05) is 72.8 Å². The molecule has 0 unspecified atom stereocenters. The van der Waals surface area contributed by atoms with Crippen LogP contribution in [0, 0.1) is 0 Å². The van der Waals surface area contributed by atoms with Crippen LogP contribution in [0.1, 0.15) is 33.8 Å². The number of amides is 1. The van der Waals surface area contributed by atoms with E-state index in [1.165, 1.54) is 0 Å². The van der Waals surface area contributed by atoms with Crippen molar-refractivity contribution in [3.05, 3.63) is 95.6 Å². The fourth-order valence-electron chi connectivity index (χ4n) is 3.93. The molecule has 0 aromatic heterocycles. The van der Waals surface area contributed by atoms with Gasteiger partial charge in [0.25, 0.3) is 5.91 Å². The van der Waals surface area contributed by atoms with E-state index >= 15 is 0 Å². The molecule has 0 N–H and O–H groups in total. The lowest BCUT2D eigenvalue weighted by Crippen LogP contribution is -2.32. The molecule has 3 aromatic rings. The Bertz CT molecular complexity index is 951. The lowest BCUT2D eigenvalue weighted by Gasteiger charge is -2.27. The third kappa shape index (κ3) is 2.13. The number of rotatable bonds is 1. The maximum atomic E-state index is 13.4. The molecular formula is C22H17NO2. The van der Waals surface area contributed by atoms with Crippen LogP contribution in [0.5, 0.6) is 0 Å². The van der Waals surface area contributed by atoms with E-state index in [1.807, 2.05) is 59.5 Å². The van der Waals surface area contributed by atoms with E-state index in [1.54, 1.807) is 0 Å². The normalized spacial score (nSPS) is 21.3. The van der Waals surface area contributed by atoms with Crippen LogP contribution in [-0.4, -0.2) is 17.4 Å². The monoisotopic (exact) mass is 327 g/mol. The number of ether oxygens (including phenoxy) is 1. The molecule has 0 bridgehead atoms. The first-order chi connectivity index (χ1) is 12.3. The zero-order chi connectivity index (χ0) is 16.8. The van der Waals surface area contributed by atoms with Gasteiger partial charge in [-0.2, -0.15) is 0 Å². The minimum absolute atomic E-state index is 0.0307. The Labute approximate surface area is 146 Å². The first kappa shape index (κ1) is 14.4. The molecule has 25 heavy (non-hydrogen) atoms. The highest BCUT2D eigenvalue weighted by Crippen LogP contribution is 2.46. The van der Waals surface area contributed by atoms with Crippen molar-refractivity contribution in [2.24, 2.45) is 0 Å². The van der Waals surface area contributed by atoms with Crippen LogP contribution < -0.4 is 0 Å². The summed E-state index contributed by atoms with van der Waals surface area (Å²) in [5.74, 6) is 0.0307. The van der Waals surface area contributed by atoms with E-state index in [9.17, 15) is 4.79 Å². The summed E-state index contributed by atoms with van der Waals surface area (Å²) in [7, 11) is 0. The van der Waals surface area contributed by atoms with Gasteiger partial charge in [0.1, 0.15) is 0 Å². The number of hydrogen-bond acceptors (Lipinski definition) is 2. The summed E-state index contributed by atoms with van der Waals surface area (Å²) in [6, 6.07) is 26.1. The van der Waals surface area contributed by atoms with Crippen LogP contribution in [0.2, 0.25) is 0 Å². The topological polar surface area (TPSA) is 29.5 Å². The maximum absolute atomic E-state index is 13.4. The Morgan fingerprint density at radius 3 is 2.20 bits per heavy atom. The second-order valence-electron chi connectivity index (χ2n) is 6.46. The number of hydrogen-bond donors (Lipinski definition) is 0. The van der Waals surface area contributed by atoms with Crippen LogP contribution in [0.3, 0.4) is 0 Å². The third-order valence-corrected chi connectivity index (χ3v) is 5.09. The first-order valence-electron chi connectivity index (χ1n) is 8.52. The molecule has 0 aliphatic carbocycles. The molecule has 122 valence electrons. The average molecular weight is 327 g/mol. The van der Waals surface area contributed by atoms with E-state index in [0.29, 0.717) is 6.61 Å². The summed E-state index contributed by atoms with van der Waals surface area (Å²) in [5, 5.41) is 0. The number of nitrogens with zero attached hydrogens (tertiary/aromatic N) is 1. The lowest BCUT2D eigenvalue weighted by atomic mass is 9.96. The molecule has 0 spiro atoms. The van der Waals surface area contributed by atoms with Gasteiger partial charge in [-0.05, 0) is 22.8 Å². The zero-order valence-corrected chi connectivity index (χ0v) is 13.6. The molecule has 0 radical (unpaired) electrons. The summed E-state index contributed by atoms with van der Waals surface area (Å²) in [4.78, 5) is 15.3. The smallest absolute Gasteiger partial charge is 0.257 e. The quantitative estimate of drug-likeness (QED) is 0.655. The molecule has 3 aromatic carbocycles. The van der Waals surface area contributed by atoms with Crippen LogP contribution in [0.25, 0.3) is 11.1 Å². The van der Waals surface area contributed by atoms with Crippen LogP contribution in [0.4, 0.5) is 0 Å². The summed E-state index contributed by atoms with van der Waals surface area (Å²) in [6.07, 6.45) is -0.346. The van der Waals surface area contributed by atoms with Gasteiger partial charge in [0.05, 0.1) is 12.6 Å². The summed E-state index contributed by atoms with van der Waals surface area (Å²) >= 11 is 0. The predicted molar refractivity (Wildman–Crippen MR) is 95.9 cm³/mol. The van der Waals surface area contributed by atoms with Crippen molar-refractivity contribution < 1.29 is 9.53 Å².